The highest BCUT2D eigenvalue weighted by atomic mass is 14.8. The van der Waals surface area contributed by atoms with Crippen LogP contribution in [0.1, 0.15) is 19.4 Å². The Morgan fingerprint density at radius 3 is 2.31 bits per heavy atom. The van der Waals surface area contributed by atoms with Gasteiger partial charge in [-0.3, -0.25) is 4.99 Å². The first-order valence-corrected chi connectivity index (χ1v) is 4.51. The maximum absolute atomic E-state index is 4.39. The van der Waals surface area contributed by atoms with Gasteiger partial charge in [-0.15, -0.1) is 0 Å². The average molecular weight is 171 g/mol. The van der Waals surface area contributed by atoms with Crippen LogP contribution in [-0.4, -0.2) is 6.21 Å². The smallest absolute Gasteiger partial charge is 0.0667 e. The molecule has 0 N–H and O–H groups in total. The Morgan fingerprint density at radius 1 is 1.08 bits per heavy atom. The lowest BCUT2D eigenvalue weighted by atomic mass is 9.95. The van der Waals surface area contributed by atoms with E-state index in [2.05, 4.69) is 37.0 Å². The van der Waals surface area contributed by atoms with Gasteiger partial charge in [-0.2, -0.15) is 0 Å². The predicted octanol–water partition coefficient (Wildman–Crippen LogP) is 3.14. The molecule has 1 aliphatic heterocycles. The second-order valence-corrected chi connectivity index (χ2v) is 3.98. The third-order valence-corrected chi connectivity index (χ3v) is 2.11. The van der Waals surface area contributed by atoms with Gasteiger partial charge in [0.2, 0.25) is 0 Å². The molecule has 0 spiro atoms. The van der Waals surface area contributed by atoms with Crippen LogP contribution in [0.15, 0.2) is 41.4 Å². The Hall–Kier alpha value is -1.37. The van der Waals surface area contributed by atoms with Crippen LogP contribution >= 0.6 is 0 Å². The first-order chi connectivity index (χ1) is 6.17. The Kier molecular flexibility index (Phi) is 1.80. The lowest BCUT2D eigenvalue weighted by Gasteiger charge is -2.06. The fourth-order valence-electron chi connectivity index (χ4n) is 1.43. The molecular formula is C12H13N. The van der Waals surface area contributed by atoms with Gasteiger partial charge in [0.15, 0.2) is 0 Å². The summed E-state index contributed by atoms with van der Waals surface area (Å²) in [5.41, 5.74) is 2.40. The van der Waals surface area contributed by atoms with E-state index in [1.807, 2.05) is 24.4 Å². The van der Waals surface area contributed by atoms with Gasteiger partial charge in [0.05, 0.1) is 5.70 Å². The van der Waals surface area contributed by atoms with E-state index in [1.54, 1.807) is 0 Å². The van der Waals surface area contributed by atoms with Gasteiger partial charge in [-0.1, -0.05) is 44.2 Å². The van der Waals surface area contributed by atoms with Gasteiger partial charge in [0.1, 0.15) is 0 Å². The first kappa shape index (κ1) is 8.24. The molecule has 0 fully saturated rings. The van der Waals surface area contributed by atoms with Crippen molar-refractivity contribution in [3.05, 3.63) is 42.0 Å². The SMILES string of the molecule is CC1(C)C=NC(c2ccccc2)=C1. The number of hydrogen-bond acceptors (Lipinski definition) is 1. The molecule has 1 heteroatoms. The molecule has 66 valence electrons. The highest BCUT2D eigenvalue weighted by molar-refractivity contribution is 5.85. The zero-order chi connectivity index (χ0) is 9.31. The third-order valence-electron chi connectivity index (χ3n) is 2.11. The van der Waals surface area contributed by atoms with Crippen LogP contribution in [0.4, 0.5) is 0 Å². The van der Waals surface area contributed by atoms with Crippen molar-refractivity contribution >= 4 is 11.9 Å². The second-order valence-electron chi connectivity index (χ2n) is 3.98. The van der Waals surface area contributed by atoms with E-state index in [-0.39, 0.29) is 5.41 Å². The molecule has 13 heavy (non-hydrogen) atoms. The van der Waals surface area contributed by atoms with Crippen molar-refractivity contribution in [1.29, 1.82) is 0 Å². The Balaban J connectivity index is 2.36. The monoisotopic (exact) mass is 171 g/mol. The molecule has 0 bridgehead atoms. The Labute approximate surface area is 78.8 Å². The van der Waals surface area contributed by atoms with Crippen molar-refractivity contribution in [3.63, 3.8) is 0 Å². The van der Waals surface area contributed by atoms with Gasteiger partial charge >= 0.3 is 0 Å². The molecule has 0 amide bonds. The van der Waals surface area contributed by atoms with Crippen molar-refractivity contribution in [3.8, 4) is 0 Å². The van der Waals surface area contributed by atoms with E-state index in [9.17, 15) is 0 Å². The van der Waals surface area contributed by atoms with Gasteiger partial charge in [-0.05, 0) is 11.6 Å². The van der Waals surface area contributed by atoms with Crippen LogP contribution in [0.5, 0.6) is 0 Å². The number of allylic oxidation sites excluding steroid dienone is 1. The standard InChI is InChI=1S/C12H13N/c1-12(2)8-11(13-9-12)10-6-4-3-5-7-10/h3-9H,1-2H3. The highest BCUT2D eigenvalue weighted by Crippen LogP contribution is 2.29. The minimum absolute atomic E-state index is 0.116. The van der Waals surface area contributed by atoms with Crippen molar-refractivity contribution in [2.45, 2.75) is 13.8 Å². The molecule has 0 aromatic heterocycles. The molecule has 0 unspecified atom stereocenters. The van der Waals surface area contributed by atoms with Crippen LogP contribution < -0.4 is 0 Å². The van der Waals surface area contributed by atoms with E-state index in [1.165, 1.54) is 5.56 Å². The van der Waals surface area contributed by atoms with E-state index in [4.69, 9.17) is 0 Å². The molecule has 0 saturated carbocycles. The summed E-state index contributed by atoms with van der Waals surface area (Å²) < 4.78 is 0. The van der Waals surface area contributed by atoms with Crippen molar-refractivity contribution in [1.82, 2.24) is 0 Å². The van der Waals surface area contributed by atoms with Crippen LogP contribution in [0.3, 0.4) is 0 Å². The lowest BCUT2D eigenvalue weighted by molar-refractivity contribution is 0.707. The first-order valence-electron chi connectivity index (χ1n) is 4.51. The fraction of sp³-hybridized carbons (Fsp3) is 0.250. The van der Waals surface area contributed by atoms with E-state index in [0.29, 0.717) is 0 Å². The maximum Gasteiger partial charge on any atom is 0.0667 e. The van der Waals surface area contributed by atoms with Crippen LogP contribution in [0.25, 0.3) is 5.70 Å². The van der Waals surface area contributed by atoms with Crippen molar-refractivity contribution < 1.29 is 0 Å². The zero-order valence-corrected chi connectivity index (χ0v) is 7.99. The average Bonchev–Trinajstić information content (AvgIpc) is 2.48. The van der Waals surface area contributed by atoms with Gasteiger partial charge in [0.25, 0.3) is 0 Å². The minimum Gasteiger partial charge on any atom is -0.260 e. The quantitative estimate of drug-likeness (QED) is 0.615. The summed E-state index contributed by atoms with van der Waals surface area (Å²) in [6.07, 6.45) is 4.19. The number of benzene rings is 1. The molecule has 1 aliphatic rings. The topological polar surface area (TPSA) is 12.4 Å². The summed E-state index contributed by atoms with van der Waals surface area (Å²) in [6.45, 7) is 4.32. The molecule has 0 atom stereocenters. The number of hydrogen-bond donors (Lipinski definition) is 0. The number of aliphatic imine (C=N–C) groups is 1. The Bertz CT molecular complexity index is 358. The van der Waals surface area contributed by atoms with E-state index in [0.717, 1.165) is 5.70 Å². The van der Waals surface area contributed by atoms with Crippen molar-refractivity contribution in [2.24, 2.45) is 10.4 Å². The normalized spacial score (nSPS) is 18.8. The Morgan fingerprint density at radius 2 is 1.77 bits per heavy atom. The molecule has 1 aromatic carbocycles. The molecule has 0 saturated heterocycles. The molecule has 1 nitrogen and oxygen atoms in total. The molecule has 0 radical (unpaired) electrons. The maximum atomic E-state index is 4.39. The summed E-state index contributed by atoms with van der Waals surface area (Å²) >= 11 is 0. The zero-order valence-electron chi connectivity index (χ0n) is 7.99. The number of nitrogens with zero attached hydrogens (tertiary/aromatic N) is 1. The molecule has 1 aromatic rings. The van der Waals surface area contributed by atoms with Gasteiger partial charge < -0.3 is 0 Å². The second kappa shape index (κ2) is 2.84. The fourth-order valence-corrected chi connectivity index (χ4v) is 1.43. The van der Waals surface area contributed by atoms with Gasteiger partial charge in [-0.25, -0.2) is 0 Å². The third kappa shape index (κ3) is 1.69. The predicted molar refractivity (Wildman–Crippen MR) is 56.7 cm³/mol. The number of rotatable bonds is 1. The lowest BCUT2D eigenvalue weighted by Crippen LogP contribution is -2.04. The summed E-state index contributed by atoms with van der Waals surface area (Å²) in [5, 5.41) is 0. The summed E-state index contributed by atoms with van der Waals surface area (Å²) in [7, 11) is 0. The van der Waals surface area contributed by atoms with E-state index >= 15 is 0 Å². The summed E-state index contributed by atoms with van der Waals surface area (Å²) in [4.78, 5) is 4.39. The van der Waals surface area contributed by atoms with Crippen LogP contribution in [0.2, 0.25) is 0 Å². The van der Waals surface area contributed by atoms with Gasteiger partial charge in [0, 0.05) is 11.6 Å². The van der Waals surface area contributed by atoms with Crippen LogP contribution in [-0.2, 0) is 0 Å². The molecule has 2 rings (SSSR count). The van der Waals surface area contributed by atoms with E-state index < -0.39 is 0 Å². The van der Waals surface area contributed by atoms with Crippen molar-refractivity contribution in [2.75, 3.05) is 0 Å². The summed E-state index contributed by atoms with van der Waals surface area (Å²) in [6, 6.07) is 10.3. The molecular weight excluding hydrogens is 158 g/mol. The largest absolute Gasteiger partial charge is 0.260 e. The molecule has 1 heterocycles. The molecule has 0 aliphatic carbocycles. The van der Waals surface area contributed by atoms with Crippen LogP contribution in [0, 0.1) is 5.41 Å². The summed E-state index contributed by atoms with van der Waals surface area (Å²) in [5.74, 6) is 0. The highest BCUT2D eigenvalue weighted by Gasteiger charge is 2.18. The minimum atomic E-state index is 0.116.